The number of thiophene rings is 1. The largest absolute Gasteiger partial charge is 0.359 e. The second kappa shape index (κ2) is 5.85. The SMILES string of the molecule is C[C@@H](NC(=S)NC(=O)c1cccs1)C12CC3CC(CC(C3)C1)C2. The third-order valence-electron chi connectivity index (χ3n) is 6.32. The van der Waals surface area contributed by atoms with Gasteiger partial charge in [0.1, 0.15) is 0 Å². The van der Waals surface area contributed by atoms with Crippen molar-refractivity contribution in [3.63, 3.8) is 0 Å². The van der Waals surface area contributed by atoms with Crippen molar-refractivity contribution < 1.29 is 4.79 Å². The van der Waals surface area contributed by atoms with Gasteiger partial charge >= 0.3 is 0 Å². The zero-order valence-corrected chi connectivity index (χ0v) is 15.1. The number of carbonyl (C=O) groups excluding carboxylic acids is 1. The van der Waals surface area contributed by atoms with Crippen LogP contribution in [-0.2, 0) is 0 Å². The molecule has 4 aliphatic rings. The number of carbonyl (C=O) groups is 1. The van der Waals surface area contributed by atoms with Gasteiger partial charge in [0, 0.05) is 6.04 Å². The van der Waals surface area contributed by atoms with Crippen LogP contribution >= 0.6 is 23.6 Å². The van der Waals surface area contributed by atoms with E-state index in [9.17, 15) is 4.79 Å². The van der Waals surface area contributed by atoms with E-state index in [0.29, 0.717) is 21.4 Å². The number of amides is 1. The van der Waals surface area contributed by atoms with Crippen LogP contribution in [0.25, 0.3) is 0 Å². The van der Waals surface area contributed by atoms with Crippen molar-refractivity contribution in [3.8, 4) is 0 Å². The molecule has 1 amide bonds. The van der Waals surface area contributed by atoms with Gasteiger partial charge in [0.2, 0.25) is 0 Å². The fraction of sp³-hybridized carbons (Fsp3) is 0.667. The van der Waals surface area contributed by atoms with E-state index in [-0.39, 0.29) is 5.91 Å². The molecular formula is C18H24N2OS2. The summed E-state index contributed by atoms with van der Waals surface area (Å²) in [7, 11) is 0. The third-order valence-corrected chi connectivity index (χ3v) is 7.41. The van der Waals surface area contributed by atoms with E-state index in [1.54, 1.807) is 0 Å². The minimum Gasteiger partial charge on any atom is -0.359 e. The summed E-state index contributed by atoms with van der Waals surface area (Å²) in [5.41, 5.74) is 0.395. The molecule has 0 aromatic carbocycles. The molecular weight excluding hydrogens is 324 g/mol. The van der Waals surface area contributed by atoms with Gasteiger partial charge in [0.05, 0.1) is 4.88 Å². The Kier molecular flexibility index (Phi) is 3.96. The van der Waals surface area contributed by atoms with Crippen LogP contribution in [0, 0.1) is 23.2 Å². The van der Waals surface area contributed by atoms with Crippen molar-refractivity contribution in [1.82, 2.24) is 10.6 Å². The van der Waals surface area contributed by atoms with Crippen molar-refractivity contribution in [1.29, 1.82) is 0 Å². The van der Waals surface area contributed by atoms with E-state index in [1.807, 2.05) is 17.5 Å². The molecule has 5 heteroatoms. The summed E-state index contributed by atoms with van der Waals surface area (Å²) >= 11 is 6.84. The second-order valence-electron chi connectivity index (χ2n) is 7.91. The van der Waals surface area contributed by atoms with Gasteiger partial charge < -0.3 is 5.32 Å². The van der Waals surface area contributed by atoms with Gasteiger partial charge in [-0.25, -0.2) is 0 Å². The highest BCUT2D eigenvalue weighted by Crippen LogP contribution is 2.61. The lowest BCUT2D eigenvalue weighted by Crippen LogP contribution is -2.57. The highest BCUT2D eigenvalue weighted by molar-refractivity contribution is 7.80. The number of thiocarbonyl (C=S) groups is 1. The van der Waals surface area contributed by atoms with E-state index in [4.69, 9.17) is 12.2 Å². The van der Waals surface area contributed by atoms with Gasteiger partial charge in [-0.15, -0.1) is 11.3 Å². The van der Waals surface area contributed by atoms with Crippen LogP contribution in [0.1, 0.15) is 55.1 Å². The summed E-state index contributed by atoms with van der Waals surface area (Å²) in [6.45, 7) is 2.26. The van der Waals surface area contributed by atoms with Gasteiger partial charge in [0.25, 0.3) is 5.91 Å². The van der Waals surface area contributed by atoms with Gasteiger partial charge in [0.15, 0.2) is 5.11 Å². The second-order valence-corrected chi connectivity index (χ2v) is 9.26. The minimum absolute atomic E-state index is 0.102. The number of rotatable bonds is 3. The molecule has 0 radical (unpaired) electrons. The van der Waals surface area contributed by atoms with Crippen molar-refractivity contribution >= 4 is 34.6 Å². The minimum atomic E-state index is -0.102. The van der Waals surface area contributed by atoms with Crippen LogP contribution in [-0.4, -0.2) is 17.1 Å². The quantitative estimate of drug-likeness (QED) is 0.813. The number of hydrogen-bond donors (Lipinski definition) is 2. The lowest BCUT2D eigenvalue weighted by Gasteiger charge is -2.59. The Bertz CT molecular complexity index is 575. The first-order valence-corrected chi connectivity index (χ1v) is 9.98. The summed E-state index contributed by atoms with van der Waals surface area (Å²) < 4.78 is 0. The topological polar surface area (TPSA) is 41.1 Å². The fourth-order valence-corrected chi connectivity index (χ4v) is 6.55. The molecule has 0 aliphatic heterocycles. The Labute approximate surface area is 147 Å². The first-order chi connectivity index (χ1) is 11.0. The molecule has 4 aliphatic carbocycles. The molecule has 1 aromatic rings. The average molecular weight is 349 g/mol. The maximum absolute atomic E-state index is 12.1. The molecule has 2 N–H and O–H groups in total. The Hall–Kier alpha value is -0.940. The van der Waals surface area contributed by atoms with Crippen LogP contribution in [0.15, 0.2) is 17.5 Å². The van der Waals surface area contributed by atoms with Gasteiger partial charge in [-0.1, -0.05) is 6.07 Å². The van der Waals surface area contributed by atoms with Crippen LogP contribution in [0.5, 0.6) is 0 Å². The average Bonchev–Trinajstić information content (AvgIpc) is 2.99. The number of hydrogen-bond acceptors (Lipinski definition) is 3. The smallest absolute Gasteiger partial charge is 0.267 e. The molecule has 0 saturated heterocycles. The number of nitrogens with one attached hydrogen (secondary N) is 2. The third kappa shape index (κ3) is 2.93. The van der Waals surface area contributed by atoms with Crippen LogP contribution < -0.4 is 10.6 Å². The summed E-state index contributed by atoms with van der Waals surface area (Å²) in [6.07, 6.45) is 8.38. The Morgan fingerprint density at radius 2 is 1.87 bits per heavy atom. The highest BCUT2D eigenvalue weighted by Gasteiger charge is 2.53. The molecule has 0 unspecified atom stereocenters. The van der Waals surface area contributed by atoms with E-state index >= 15 is 0 Å². The molecule has 4 saturated carbocycles. The van der Waals surface area contributed by atoms with E-state index in [0.717, 1.165) is 17.8 Å². The lowest BCUT2D eigenvalue weighted by atomic mass is 9.48. The predicted molar refractivity (Wildman–Crippen MR) is 97.6 cm³/mol. The molecule has 4 bridgehead atoms. The van der Waals surface area contributed by atoms with Crippen molar-refractivity contribution in [2.75, 3.05) is 0 Å². The van der Waals surface area contributed by atoms with Crippen molar-refractivity contribution in [2.24, 2.45) is 23.2 Å². The molecule has 23 heavy (non-hydrogen) atoms. The first kappa shape index (κ1) is 15.6. The standard InChI is InChI=1S/C18H24N2OS2/c1-11(19-17(22)20-16(21)15-3-2-4-23-15)18-8-12-5-13(9-18)7-14(6-12)10-18/h2-4,11-14H,5-10H2,1H3,(H2,19,20,21,22)/t11-,12?,13?,14?,18?/m1/s1. The van der Waals surface area contributed by atoms with E-state index < -0.39 is 0 Å². The van der Waals surface area contributed by atoms with Crippen molar-refractivity contribution in [3.05, 3.63) is 22.4 Å². The normalized spacial score (nSPS) is 35.8. The molecule has 5 rings (SSSR count). The maximum atomic E-state index is 12.1. The fourth-order valence-electron chi connectivity index (χ4n) is 5.67. The van der Waals surface area contributed by atoms with Crippen LogP contribution in [0.3, 0.4) is 0 Å². The maximum Gasteiger partial charge on any atom is 0.267 e. The van der Waals surface area contributed by atoms with Crippen LogP contribution in [0.4, 0.5) is 0 Å². The van der Waals surface area contributed by atoms with Crippen molar-refractivity contribution in [2.45, 2.75) is 51.5 Å². The summed E-state index contributed by atoms with van der Waals surface area (Å²) in [4.78, 5) is 12.8. The van der Waals surface area contributed by atoms with E-state index in [2.05, 4.69) is 17.6 Å². The zero-order chi connectivity index (χ0) is 16.0. The van der Waals surface area contributed by atoms with Gasteiger partial charge in [-0.2, -0.15) is 0 Å². The zero-order valence-electron chi connectivity index (χ0n) is 13.5. The monoisotopic (exact) mass is 348 g/mol. The molecule has 1 atom stereocenters. The molecule has 1 aromatic heterocycles. The molecule has 3 nitrogen and oxygen atoms in total. The Balaban J connectivity index is 1.39. The summed E-state index contributed by atoms with van der Waals surface area (Å²) in [6, 6.07) is 4.05. The first-order valence-electron chi connectivity index (χ1n) is 8.69. The van der Waals surface area contributed by atoms with Crippen LogP contribution in [0.2, 0.25) is 0 Å². The molecule has 1 heterocycles. The summed E-state index contributed by atoms with van der Waals surface area (Å²) in [5.74, 6) is 2.69. The Morgan fingerprint density at radius 3 is 2.39 bits per heavy atom. The summed E-state index contributed by atoms with van der Waals surface area (Å²) in [5, 5.41) is 8.66. The predicted octanol–water partition coefficient (Wildman–Crippen LogP) is 3.96. The van der Waals surface area contributed by atoms with Gasteiger partial charge in [-0.3, -0.25) is 10.1 Å². The van der Waals surface area contributed by atoms with Gasteiger partial charge in [-0.05, 0) is 92.3 Å². The molecule has 0 spiro atoms. The molecule has 4 fully saturated rings. The highest BCUT2D eigenvalue weighted by atomic mass is 32.1. The lowest BCUT2D eigenvalue weighted by molar-refractivity contribution is -0.0672. The van der Waals surface area contributed by atoms with E-state index in [1.165, 1.54) is 49.9 Å². The Morgan fingerprint density at radius 1 is 1.26 bits per heavy atom. The molecule has 124 valence electrons.